The average Bonchev–Trinajstić information content (AvgIpc) is 3.11. The van der Waals surface area contributed by atoms with E-state index in [1.165, 1.54) is 19.2 Å². The quantitative estimate of drug-likeness (QED) is 0.701. The fourth-order valence-corrected chi connectivity index (χ4v) is 2.70. The maximum Gasteiger partial charge on any atom is 0.278 e. The van der Waals surface area contributed by atoms with E-state index in [9.17, 15) is 9.18 Å². The molecule has 6 heteroatoms. The molecule has 2 aromatic carbocycles. The van der Waals surface area contributed by atoms with Gasteiger partial charge in [0.15, 0.2) is 17.8 Å². The number of carbonyl (C=O) groups excluding carboxylic acids is 1. The second-order valence-electron chi connectivity index (χ2n) is 7.16. The number of aromatic nitrogens is 1. The Bertz CT molecular complexity index is 974. The van der Waals surface area contributed by atoms with Gasteiger partial charge in [0.25, 0.3) is 5.91 Å². The standard InChI is InChI=1S/C21H21FN2O3/c1-21(2,3)14-8-9-17(26-4)16(11-14)24-20(25)18-19(27-12-23-18)13-6-5-7-15(22)10-13/h5-12H,1-4H3,(H,24,25). The number of rotatable bonds is 4. The number of methoxy groups -OCH3 is 1. The molecule has 0 bridgehead atoms. The third-order valence-corrected chi connectivity index (χ3v) is 4.18. The Kier molecular flexibility index (Phi) is 4.99. The second-order valence-corrected chi connectivity index (χ2v) is 7.16. The maximum atomic E-state index is 13.5. The Morgan fingerprint density at radius 2 is 1.96 bits per heavy atom. The highest BCUT2D eigenvalue weighted by molar-refractivity contribution is 6.07. The van der Waals surface area contributed by atoms with E-state index in [0.717, 1.165) is 12.0 Å². The zero-order valence-electron chi connectivity index (χ0n) is 15.7. The number of hydrogen-bond donors (Lipinski definition) is 1. The van der Waals surface area contributed by atoms with Gasteiger partial charge in [0.05, 0.1) is 12.8 Å². The summed E-state index contributed by atoms with van der Waals surface area (Å²) < 4.78 is 24.2. The van der Waals surface area contributed by atoms with Crippen LogP contribution in [0.5, 0.6) is 5.75 Å². The van der Waals surface area contributed by atoms with Crippen molar-refractivity contribution < 1.29 is 18.3 Å². The van der Waals surface area contributed by atoms with Gasteiger partial charge in [0, 0.05) is 5.56 Å². The molecular formula is C21H21FN2O3. The number of carbonyl (C=O) groups is 1. The van der Waals surface area contributed by atoms with Crippen molar-refractivity contribution in [1.29, 1.82) is 0 Å². The molecule has 1 heterocycles. The molecule has 0 fully saturated rings. The van der Waals surface area contributed by atoms with Gasteiger partial charge < -0.3 is 14.5 Å². The number of hydrogen-bond acceptors (Lipinski definition) is 4. The van der Waals surface area contributed by atoms with Crippen molar-refractivity contribution in [3.8, 4) is 17.1 Å². The van der Waals surface area contributed by atoms with Crippen molar-refractivity contribution in [2.24, 2.45) is 0 Å². The molecule has 0 atom stereocenters. The minimum absolute atomic E-state index is 0.0730. The van der Waals surface area contributed by atoms with Crippen LogP contribution in [0.4, 0.5) is 10.1 Å². The van der Waals surface area contributed by atoms with Gasteiger partial charge in [-0.2, -0.15) is 0 Å². The van der Waals surface area contributed by atoms with E-state index in [4.69, 9.17) is 9.15 Å². The van der Waals surface area contributed by atoms with Crippen molar-refractivity contribution in [1.82, 2.24) is 4.98 Å². The van der Waals surface area contributed by atoms with Gasteiger partial charge in [-0.25, -0.2) is 9.37 Å². The highest BCUT2D eigenvalue weighted by Crippen LogP contribution is 2.32. The highest BCUT2D eigenvalue weighted by Gasteiger charge is 2.21. The van der Waals surface area contributed by atoms with Crippen molar-refractivity contribution in [2.75, 3.05) is 12.4 Å². The van der Waals surface area contributed by atoms with Crippen molar-refractivity contribution in [3.05, 3.63) is 65.9 Å². The first-order chi connectivity index (χ1) is 12.8. The summed E-state index contributed by atoms with van der Waals surface area (Å²) in [6, 6.07) is 11.5. The Hall–Kier alpha value is -3.15. The smallest absolute Gasteiger partial charge is 0.278 e. The zero-order chi connectivity index (χ0) is 19.6. The first-order valence-corrected chi connectivity index (χ1v) is 8.49. The maximum absolute atomic E-state index is 13.5. The molecule has 140 valence electrons. The summed E-state index contributed by atoms with van der Waals surface area (Å²) in [6.07, 6.45) is 1.16. The van der Waals surface area contributed by atoms with Crippen LogP contribution in [-0.4, -0.2) is 18.0 Å². The molecule has 0 aliphatic heterocycles. The molecule has 1 N–H and O–H groups in total. The summed E-state index contributed by atoms with van der Waals surface area (Å²) in [5, 5.41) is 2.82. The van der Waals surface area contributed by atoms with E-state index in [1.807, 2.05) is 18.2 Å². The fraction of sp³-hybridized carbons (Fsp3) is 0.238. The van der Waals surface area contributed by atoms with Gasteiger partial charge in [-0.1, -0.05) is 39.0 Å². The van der Waals surface area contributed by atoms with Gasteiger partial charge in [-0.3, -0.25) is 4.79 Å². The van der Waals surface area contributed by atoms with Crippen LogP contribution in [0, 0.1) is 5.82 Å². The van der Waals surface area contributed by atoms with E-state index in [2.05, 4.69) is 31.1 Å². The molecule has 0 saturated carbocycles. The van der Waals surface area contributed by atoms with E-state index >= 15 is 0 Å². The molecule has 1 aromatic heterocycles. The molecule has 0 unspecified atom stereocenters. The molecule has 27 heavy (non-hydrogen) atoms. The van der Waals surface area contributed by atoms with Crippen molar-refractivity contribution >= 4 is 11.6 Å². The van der Waals surface area contributed by atoms with Crippen LogP contribution >= 0.6 is 0 Å². The first-order valence-electron chi connectivity index (χ1n) is 8.49. The number of nitrogens with zero attached hydrogens (tertiary/aromatic N) is 1. The number of amides is 1. The van der Waals surface area contributed by atoms with E-state index in [0.29, 0.717) is 17.0 Å². The number of ether oxygens (including phenoxy) is 1. The summed E-state index contributed by atoms with van der Waals surface area (Å²) in [4.78, 5) is 16.8. The van der Waals surface area contributed by atoms with E-state index in [-0.39, 0.29) is 16.9 Å². The fourth-order valence-electron chi connectivity index (χ4n) is 2.70. The third kappa shape index (κ3) is 4.00. The number of nitrogens with one attached hydrogen (secondary N) is 1. The minimum atomic E-state index is -0.465. The molecular weight excluding hydrogens is 347 g/mol. The van der Waals surface area contributed by atoms with Crippen LogP contribution in [0.15, 0.2) is 53.3 Å². The third-order valence-electron chi connectivity index (χ3n) is 4.18. The summed E-state index contributed by atoms with van der Waals surface area (Å²) in [5.74, 6) is -0.146. The van der Waals surface area contributed by atoms with Crippen LogP contribution in [0.2, 0.25) is 0 Å². The number of halogens is 1. The number of anilines is 1. The largest absolute Gasteiger partial charge is 0.495 e. The summed E-state index contributed by atoms with van der Waals surface area (Å²) in [7, 11) is 1.54. The van der Waals surface area contributed by atoms with Gasteiger partial charge in [-0.05, 0) is 35.2 Å². The number of benzene rings is 2. The molecule has 0 saturated heterocycles. The molecule has 5 nitrogen and oxygen atoms in total. The predicted octanol–water partition coefficient (Wildman–Crippen LogP) is 5.04. The lowest BCUT2D eigenvalue weighted by Gasteiger charge is -2.21. The predicted molar refractivity (Wildman–Crippen MR) is 102 cm³/mol. The Morgan fingerprint density at radius 1 is 1.19 bits per heavy atom. The molecule has 0 aliphatic rings. The topological polar surface area (TPSA) is 64.4 Å². The van der Waals surface area contributed by atoms with E-state index < -0.39 is 11.7 Å². The Morgan fingerprint density at radius 3 is 2.63 bits per heavy atom. The van der Waals surface area contributed by atoms with Crippen LogP contribution in [0.1, 0.15) is 36.8 Å². The van der Waals surface area contributed by atoms with Crippen LogP contribution in [-0.2, 0) is 5.41 Å². The monoisotopic (exact) mass is 368 g/mol. The van der Waals surface area contributed by atoms with Gasteiger partial charge >= 0.3 is 0 Å². The zero-order valence-corrected chi connectivity index (χ0v) is 15.7. The van der Waals surface area contributed by atoms with E-state index in [1.54, 1.807) is 12.1 Å². The highest BCUT2D eigenvalue weighted by atomic mass is 19.1. The Labute approximate surface area is 157 Å². The van der Waals surface area contributed by atoms with Crippen LogP contribution in [0.3, 0.4) is 0 Å². The lowest BCUT2D eigenvalue weighted by Crippen LogP contribution is -2.16. The first kappa shape index (κ1) is 18.6. The van der Waals surface area contributed by atoms with Gasteiger partial charge in [0.1, 0.15) is 11.6 Å². The normalized spacial score (nSPS) is 11.3. The van der Waals surface area contributed by atoms with Crippen molar-refractivity contribution in [2.45, 2.75) is 26.2 Å². The van der Waals surface area contributed by atoms with Crippen molar-refractivity contribution in [3.63, 3.8) is 0 Å². The molecule has 1 amide bonds. The van der Waals surface area contributed by atoms with Crippen LogP contribution < -0.4 is 10.1 Å². The average molecular weight is 368 g/mol. The van der Waals surface area contributed by atoms with Gasteiger partial charge in [0.2, 0.25) is 0 Å². The SMILES string of the molecule is COc1ccc(C(C)(C)C)cc1NC(=O)c1ncoc1-c1cccc(F)c1. The molecule has 0 radical (unpaired) electrons. The molecule has 3 aromatic rings. The molecule has 3 rings (SSSR count). The molecule has 0 aliphatic carbocycles. The minimum Gasteiger partial charge on any atom is -0.495 e. The lowest BCUT2D eigenvalue weighted by molar-refractivity contribution is 0.102. The Balaban J connectivity index is 1.94. The molecule has 0 spiro atoms. The number of oxazole rings is 1. The van der Waals surface area contributed by atoms with Crippen LogP contribution in [0.25, 0.3) is 11.3 Å². The van der Waals surface area contributed by atoms with Gasteiger partial charge in [-0.15, -0.1) is 0 Å². The lowest BCUT2D eigenvalue weighted by atomic mass is 9.87. The summed E-state index contributed by atoms with van der Waals surface area (Å²) >= 11 is 0. The second kappa shape index (κ2) is 7.23. The summed E-state index contributed by atoms with van der Waals surface area (Å²) in [5.41, 5.74) is 2.00. The summed E-state index contributed by atoms with van der Waals surface area (Å²) in [6.45, 7) is 6.25.